The number of hydrogen-bond acceptors (Lipinski definition) is 6. The van der Waals surface area contributed by atoms with E-state index in [0.29, 0.717) is 0 Å². The van der Waals surface area contributed by atoms with Gasteiger partial charge in [-0.1, -0.05) is 6.07 Å². The number of carbonyl (C=O) groups is 1. The number of aromatic hydroxyl groups is 1. The molecule has 1 unspecified atom stereocenters. The number of benzene rings is 1. The molecule has 8 heteroatoms. The second-order valence-corrected chi connectivity index (χ2v) is 5.40. The summed E-state index contributed by atoms with van der Waals surface area (Å²) in [4.78, 5) is 21.4. The molecule has 1 aromatic carbocycles. The summed E-state index contributed by atoms with van der Waals surface area (Å²) in [6.07, 6.45) is -1.85. The number of alkyl carbamates (subject to hydrolysis) is 1. The Morgan fingerprint density at radius 1 is 1.48 bits per heavy atom. The number of carbonyl (C=O) groups excluding carboxylic acids is 1. The molecule has 0 aliphatic rings. The smallest absolute Gasteiger partial charge is 0.407 e. The molecule has 21 heavy (non-hydrogen) atoms. The highest BCUT2D eigenvalue weighted by molar-refractivity contribution is 5.67. The van der Waals surface area contributed by atoms with Crippen LogP contribution < -0.4 is 5.32 Å². The first kappa shape index (κ1) is 16.7. The Morgan fingerprint density at radius 2 is 2.10 bits per heavy atom. The summed E-state index contributed by atoms with van der Waals surface area (Å²) in [6.45, 7) is 4.93. The molecule has 0 aliphatic heterocycles. The van der Waals surface area contributed by atoms with Gasteiger partial charge in [0.15, 0.2) is 5.75 Å². The Hall–Kier alpha value is -2.35. The summed E-state index contributed by atoms with van der Waals surface area (Å²) >= 11 is 0. The van der Waals surface area contributed by atoms with Crippen LogP contribution in [0.1, 0.15) is 32.4 Å². The van der Waals surface area contributed by atoms with Crippen LogP contribution in [0, 0.1) is 10.1 Å². The highest BCUT2D eigenvalue weighted by Crippen LogP contribution is 2.28. The average molecular weight is 298 g/mol. The Kier molecular flexibility index (Phi) is 5.09. The zero-order chi connectivity index (χ0) is 16.2. The minimum absolute atomic E-state index is 0.170. The summed E-state index contributed by atoms with van der Waals surface area (Å²) in [5.74, 6) is -0.490. The van der Waals surface area contributed by atoms with Crippen molar-refractivity contribution < 1.29 is 24.7 Å². The molecule has 8 nitrogen and oxygen atoms in total. The van der Waals surface area contributed by atoms with E-state index in [2.05, 4.69) is 5.32 Å². The van der Waals surface area contributed by atoms with Crippen LogP contribution in [0.25, 0.3) is 0 Å². The van der Waals surface area contributed by atoms with Gasteiger partial charge in [0.25, 0.3) is 0 Å². The van der Waals surface area contributed by atoms with Crippen molar-refractivity contribution in [2.75, 3.05) is 6.54 Å². The van der Waals surface area contributed by atoms with Crippen molar-refractivity contribution >= 4 is 11.8 Å². The van der Waals surface area contributed by atoms with Gasteiger partial charge in [0.1, 0.15) is 5.60 Å². The van der Waals surface area contributed by atoms with Gasteiger partial charge in [-0.15, -0.1) is 0 Å². The van der Waals surface area contributed by atoms with Gasteiger partial charge in [-0.3, -0.25) is 10.1 Å². The first-order valence-corrected chi connectivity index (χ1v) is 6.22. The van der Waals surface area contributed by atoms with Crippen LogP contribution in [-0.4, -0.2) is 33.4 Å². The molecule has 1 rings (SSSR count). The molecule has 0 saturated carbocycles. The van der Waals surface area contributed by atoms with Crippen LogP contribution in [0.4, 0.5) is 10.5 Å². The molecule has 0 heterocycles. The quantitative estimate of drug-likeness (QED) is 0.576. The molecule has 0 saturated heterocycles. The van der Waals surface area contributed by atoms with E-state index in [-0.39, 0.29) is 12.1 Å². The molecule has 0 radical (unpaired) electrons. The number of rotatable bonds is 4. The van der Waals surface area contributed by atoms with Gasteiger partial charge in [-0.25, -0.2) is 4.79 Å². The minimum Gasteiger partial charge on any atom is -0.502 e. The predicted molar refractivity (Wildman–Crippen MR) is 74.0 cm³/mol. The Balaban J connectivity index is 2.68. The number of nitro groups is 1. The number of nitrogens with one attached hydrogen (secondary N) is 1. The fourth-order valence-electron chi connectivity index (χ4n) is 1.51. The summed E-state index contributed by atoms with van der Waals surface area (Å²) in [5, 5.41) is 32.3. The molecule has 0 aromatic heterocycles. The van der Waals surface area contributed by atoms with Gasteiger partial charge in [-0.2, -0.15) is 0 Å². The topological polar surface area (TPSA) is 122 Å². The maximum Gasteiger partial charge on any atom is 0.407 e. The third-order valence-corrected chi connectivity index (χ3v) is 2.42. The lowest BCUT2D eigenvalue weighted by Crippen LogP contribution is -2.34. The Labute approximate surface area is 121 Å². The van der Waals surface area contributed by atoms with Crippen molar-refractivity contribution in [2.45, 2.75) is 32.5 Å². The maximum atomic E-state index is 11.4. The fourth-order valence-corrected chi connectivity index (χ4v) is 1.51. The van der Waals surface area contributed by atoms with E-state index in [1.807, 2.05) is 0 Å². The van der Waals surface area contributed by atoms with Crippen molar-refractivity contribution in [3.05, 3.63) is 33.9 Å². The molecule has 1 atom stereocenters. The number of phenolic OH excluding ortho intramolecular Hbond substituents is 1. The van der Waals surface area contributed by atoms with Gasteiger partial charge < -0.3 is 20.3 Å². The Morgan fingerprint density at radius 3 is 2.62 bits per heavy atom. The molecule has 0 fully saturated rings. The molecule has 0 spiro atoms. The third kappa shape index (κ3) is 5.27. The number of amides is 1. The molecule has 1 amide bonds. The van der Waals surface area contributed by atoms with Crippen LogP contribution in [0.3, 0.4) is 0 Å². The number of nitrogens with zero attached hydrogens (tertiary/aromatic N) is 1. The number of aliphatic hydroxyl groups is 1. The van der Waals surface area contributed by atoms with Gasteiger partial charge >= 0.3 is 11.8 Å². The number of hydrogen-bond donors (Lipinski definition) is 3. The first-order chi connectivity index (χ1) is 9.60. The van der Waals surface area contributed by atoms with Gasteiger partial charge in [0, 0.05) is 6.07 Å². The zero-order valence-electron chi connectivity index (χ0n) is 12.0. The second-order valence-electron chi connectivity index (χ2n) is 5.40. The molecular weight excluding hydrogens is 280 g/mol. The first-order valence-electron chi connectivity index (χ1n) is 6.22. The molecule has 116 valence electrons. The second kappa shape index (κ2) is 6.40. The van der Waals surface area contributed by atoms with E-state index < -0.39 is 34.2 Å². The maximum absolute atomic E-state index is 11.4. The standard InChI is InChI=1S/C13H18N2O6/c1-13(2,3)21-12(18)14-7-11(17)8-4-5-10(16)9(6-8)15(19)20/h4-6,11,16-17H,7H2,1-3H3,(H,14,18). The molecular formula is C13H18N2O6. The van der Waals surface area contributed by atoms with E-state index in [9.17, 15) is 25.1 Å². The minimum atomic E-state index is -1.16. The van der Waals surface area contributed by atoms with Gasteiger partial charge in [0.05, 0.1) is 17.6 Å². The lowest BCUT2D eigenvalue weighted by Gasteiger charge is -2.20. The summed E-state index contributed by atoms with van der Waals surface area (Å²) in [7, 11) is 0. The zero-order valence-corrected chi connectivity index (χ0v) is 12.0. The molecule has 1 aromatic rings. The third-order valence-electron chi connectivity index (χ3n) is 2.42. The average Bonchev–Trinajstić information content (AvgIpc) is 2.34. The number of aliphatic hydroxyl groups excluding tert-OH is 1. The SMILES string of the molecule is CC(C)(C)OC(=O)NCC(O)c1ccc(O)c([N+](=O)[O-])c1. The highest BCUT2D eigenvalue weighted by Gasteiger charge is 2.20. The van der Waals surface area contributed by atoms with E-state index >= 15 is 0 Å². The van der Waals surface area contributed by atoms with Crippen LogP contribution in [0.5, 0.6) is 5.75 Å². The van der Waals surface area contributed by atoms with Gasteiger partial charge in [0.2, 0.25) is 0 Å². The van der Waals surface area contributed by atoms with Gasteiger partial charge in [-0.05, 0) is 32.4 Å². The highest BCUT2D eigenvalue weighted by atomic mass is 16.6. The molecule has 3 N–H and O–H groups in total. The Bertz CT molecular complexity index is 538. The van der Waals surface area contributed by atoms with E-state index in [1.54, 1.807) is 20.8 Å². The van der Waals surface area contributed by atoms with Crippen molar-refractivity contribution in [3.8, 4) is 5.75 Å². The molecule has 0 bridgehead atoms. The summed E-state index contributed by atoms with van der Waals surface area (Å²) in [6, 6.07) is 3.50. The van der Waals surface area contributed by atoms with Crippen LogP contribution in [0.2, 0.25) is 0 Å². The number of phenols is 1. The predicted octanol–water partition coefficient (Wildman–Crippen LogP) is 1.86. The van der Waals surface area contributed by atoms with E-state index in [0.717, 1.165) is 12.1 Å². The van der Waals surface area contributed by atoms with Crippen molar-refractivity contribution in [1.29, 1.82) is 0 Å². The molecule has 0 aliphatic carbocycles. The van der Waals surface area contributed by atoms with Crippen molar-refractivity contribution in [2.24, 2.45) is 0 Å². The van der Waals surface area contributed by atoms with Crippen LogP contribution in [0.15, 0.2) is 18.2 Å². The largest absolute Gasteiger partial charge is 0.502 e. The number of nitro benzene ring substituents is 1. The van der Waals surface area contributed by atoms with Crippen molar-refractivity contribution in [1.82, 2.24) is 5.32 Å². The fraction of sp³-hybridized carbons (Fsp3) is 0.462. The normalized spacial score (nSPS) is 12.6. The van der Waals surface area contributed by atoms with Crippen LogP contribution >= 0.6 is 0 Å². The van der Waals surface area contributed by atoms with Crippen molar-refractivity contribution in [3.63, 3.8) is 0 Å². The van der Waals surface area contributed by atoms with E-state index in [1.165, 1.54) is 6.07 Å². The summed E-state index contributed by atoms with van der Waals surface area (Å²) < 4.78 is 5.00. The van der Waals surface area contributed by atoms with Crippen LogP contribution in [-0.2, 0) is 4.74 Å². The van der Waals surface area contributed by atoms with E-state index in [4.69, 9.17) is 4.74 Å². The lowest BCUT2D eigenvalue weighted by molar-refractivity contribution is -0.386. The lowest BCUT2D eigenvalue weighted by atomic mass is 10.1. The summed E-state index contributed by atoms with van der Waals surface area (Å²) in [5.41, 5.74) is -0.966. The number of ether oxygens (including phenoxy) is 1. The monoisotopic (exact) mass is 298 g/mol.